The summed E-state index contributed by atoms with van der Waals surface area (Å²) >= 11 is 6.17. The van der Waals surface area contributed by atoms with Crippen molar-refractivity contribution in [1.29, 1.82) is 0 Å². The molecule has 1 aromatic heterocycles. The lowest BCUT2D eigenvalue weighted by Crippen LogP contribution is -2.39. The molecule has 1 unspecified atom stereocenters. The van der Waals surface area contributed by atoms with Crippen LogP contribution in [0.2, 0.25) is 5.15 Å². The number of imidazole rings is 1. The number of hydrogen-bond acceptors (Lipinski definition) is 3. The zero-order valence-electron chi connectivity index (χ0n) is 12.9. The first-order chi connectivity index (χ1) is 9.61. The summed E-state index contributed by atoms with van der Waals surface area (Å²) in [4.78, 5) is 10.2. The Morgan fingerprint density at radius 3 is 2.90 bits per heavy atom. The maximum absolute atomic E-state index is 6.17. The van der Waals surface area contributed by atoms with Crippen LogP contribution in [0, 0.1) is 0 Å². The van der Waals surface area contributed by atoms with E-state index in [1.807, 2.05) is 0 Å². The molecule has 0 bridgehead atoms. The molecule has 1 aliphatic rings. The monoisotopic (exact) mass is 298 g/mol. The van der Waals surface area contributed by atoms with Crippen LogP contribution in [0.25, 0.3) is 0 Å². The largest absolute Gasteiger partial charge is 0.344 e. The fourth-order valence-electron chi connectivity index (χ4n) is 2.41. The van der Waals surface area contributed by atoms with E-state index in [0.29, 0.717) is 11.2 Å². The van der Waals surface area contributed by atoms with E-state index in [-0.39, 0.29) is 0 Å². The number of aromatic amines is 1. The van der Waals surface area contributed by atoms with Gasteiger partial charge in [-0.05, 0) is 33.2 Å². The molecule has 20 heavy (non-hydrogen) atoms. The van der Waals surface area contributed by atoms with Crippen molar-refractivity contribution < 1.29 is 0 Å². The molecule has 1 aliphatic carbocycles. The average molecular weight is 299 g/mol. The van der Waals surface area contributed by atoms with Crippen molar-refractivity contribution in [2.45, 2.75) is 64.6 Å². The molecule has 0 saturated heterocycles. The van der Waals surface area contributed by atoms with Crippen LogP contribution in [-0.4, -0.2) is 40.5 Å². The Morgan fingerprint density at radius 2 is 2.25 bits per heavy atom. The Morgan fingerprint density at radius 1 is 1.50 bits per heavy atom. The van der Waals surface area contributed by atoms with Gasteiger partial charge >= 0.3 is 0 Å². The molecule has 0 aromatic carbocycles. The van der Waals surface area contributed by atoms with E-state index >= 15 is 0 Å². The van der Waals surface area contributed by atoms with Crippen LogP contribution in [0.4, 0.5) is 0 Å². The average Bonchev–Trinajstić information content (AvgIpc) is 3.21. The van der Waals surface area contributed by atoms with E-state index in [2.05, 4.69) is 41.1 Å². The van der Waals surface area contributed by atoms with E-state index in [9.17, 15) is 0 Å². The van der Waals surface area contributed by atoms with Crippen LogP contribution in [0.1, 0.15) is 51.0 Å². The molecule has 2 rings (SSSR count). The van der Waals surface area contributed by atoms with E-state index in [0.717, 1.165) is 43.5 Å². The van der Waals surface area contributed by atoms with E-state index < -0.39 is 0 Å². The molecule has 4 nitrogen and oxygen atoms in total. The van der Waals surface area contributed by atoms with E-state index in [4.69, 9.17) is 11.6 Å². The number of unbranched alkanes of at least 4 members (excludes halogenated alkanes) is 1. The van der Waals surface area contributed by atoms with Gasteiger partial charge in [0, 0.05) is 31.6 Å². The summed E-state index contributed by atoms with van der Waals surface area (Å²) in [5.41, 5.74) is 1.01. The fourth-order valence-corrected chi connectivity index (χ4v) is 2.63. The number of likely N-dealkylation sites (N-methyl/N-ethyl adjacent to an activating group) is 1. The number of nitrogens with one attached hydrogen (secondary N) is 2. The van der Waals surface area contributed by atoms with E-state index in [1.54, 1.807) is 0 Å². The van der Waals surface area contributed by atoms with Crippen molar-refractivity contribution in [1.82, 2.24) is 20.2 Å². The maximum atomic E-state index is 6.17. The number of aryl methyl sites for hydroxylation is 1. The molecule has 1 heterocycles. The van der Waals surface area contributed by atoms with Gasteiger partial charge in [-0.25, -0.2) is 4.98 Å². The molecular formula is C15H27ClN4. The van der Waals surface area contributed by atoms with Crippen LogP contribution in [0.3, 0.4) is 0 Å². The number of H-pyrrole nitrogens is 1. The molecule has 114 valence electrons. The molecule has 1 saturated carbocycles. The van der Waals surface area contributed by atoms with Crippen molar-refractivity contribution in [2.24, 2.45) is 0 Å². The molecule has 2 N–H and O–H groups in total. The van der Waals surface area contributed by atoms with Crippen LogP contribution in [-0.2, 0) is 13.0 Å². The smallest absolute Gasteiger partial charge is 0.151 e. The number of nitrogens with zero attached hydrogens (tertiary/aromatic N) is 2. The highest BCUT2D eigenvalue weighted by Crippen LogP contribution is 2.26. The van der Waals surface area contributed by atoms with Gasteiger partial charge < -0.3 is 10.3 Å². The third-order valence-corrected chi connectivity index (χ3v) is 4.42. The Bertz CT molecular complexity index is 414. The topological polar surface area (TPSA) is 44.0 Å². The van der Waals surface area contributed by atoms with Gasteiger partial charge in [0.25, 0.3) is 0 Å². The lowest BCUT2D eigenvalue weighted by atomic mass is 10.2. The molecule has 1 fully saturated rings. The minimum atomic E-state index is 0.559. The van der Waals surface area contributed by atoms with Gasteiger partial charge in [0.2, 0.25) is 0 Å². The summed E-state index contributed by atoms with van der Waals surface area (Å²) in [6.07, 6.45) is 6.02. The van der Waals surface area contributed by atoms with Crippen molar-refractivity contribution in [3.05, 3.63) is 16.7 Å². The molecule has 0 aliphatic heterocycles. The number of hydrogen-bond donors (Lipinski definition) is 2. The van der Waals surface area contributed by atoms with Gasteiger partial charge in [0.05, 0.1) is 5.69 Å². The maximum Gasteiger partial charge on any atom is 0.151 e. The van der Waals surface area contributed by atoms with Crippen molar-refractivity contribution in [2.75, 3.05) is 13.6 Å². The SMILES string of the molecule is CCCCc1nc(Cl)c(CNCC(C)N(C)C2CC2)[nH]1. The summed E-state index contributed by atoms with van der Waals surface area (Å²) < 4.78 is 0. The summed E-state index contributed by atoms with van der Waals surface area (Å²) in [5, 5.41) is 4.10. The lowest BCUT2D eigenvalue weighted by Gasteiger charge is -2.24. The molecule has 1 aromatic rings. The summed E-state index contributed by atoms with van der Waals surface area (Å²) in [6.45, 7) is 6.20. The summed E-state index contributed by atoms with van der Waals surface area (Å²) in [6, 6.07) is 1.37. The van der Waals surface area contributed by atoms with Gasteiger partial charge in [-0.2, -0.15) is 0 Å². The predicted molar refractivity (Wildman–Crippen MR) is 84.2 cm³/mol. The van der Waals surface area contributed by atoms with Gasteiger partial charge in [0.1, 0.15) is 5.82 Å². The fraction of sp³-hybridized carbons (Fsp3) is 0.800. The molecule has 1 atom stereocenters. The molecule has 0 amide bonds. The highest BCUT2D eigenvalue weighted by Gasteiger charge is 2.28. The highest BCUT2D eigenvalue weighted by molar-refractivity contribution is 6.30. The van der Waals surface area contributed by atoms with Crippen molar-refractivity contribution in [3.63, 3.8) is 0 Å². The first kappa shape index (κ1) is 15.8. The molecule has 0 spiro atoms. The second-order valence-corrected chi connectivity index (χ2v) is 6.29. The Hall–Kier alpha value is -0.580. The second-order valence-electron chi connectivity index (χ2n) is 5.93. The van der Waals surface area contributed by atoms with Crippen LogP contribution >= 0.6 is 11.6 Å². The second kappa shape index (κ2) is 7.43. The van der Waals surface area contributed by atoms with Crippen molar-refractivity contribution >= 4 is 11.6 Å². The Labute approximate surface area is 127 Å². The highest BCUT2D eigenvalue weighted by atomic mass is 35.5. The molecule has 5 heteroatoms. The minimum Gasteiger partial charge on any atom is -0.344 e. The van der Waals surface area contributed by atoms with Gasteiger partial charge in [-0.1, -0.05) is 24.9 Å². The zero-order chi connectivity index (χ0) is 14.5. The standard InChI is InChI=1S/C15H27ClN4/c1-4-5-6-14-18-13(15(16)19-14)10-17-9-11(2)20(3)12-7-8-12/h11-12,17H,4-10H2,1-3H3,(H,18,19). The van der Waals surface area contributed by atoms with Crippen LogP contribution < -0.4 is 5.32 Å². The lowest BCUT2D eigenvalue weighted by molar-refractivity contribution is 0.241. The quantitative estimate of drug-likeness (QED) is 0.736. The van der Waals surface area contributed by atoms with Crippen molar-refractivity contribution in [3.8, 4) is 0 Å². The summed E-state index contributed by atoms with van der Waals surface area (Å²) in [7, 11) is 2.22. The number of halogens is 1. The van der Waals surface area contributed by atoms with Gasteiger partial charge in [-0.3, -0.25) is 4.90 Å². The Balaban J connectivity index is 1.74. The normalized spacial score (nSPS) is 16.9. The first-order valence-corrected chi connectivity index (χ1v) is 8.15. The molecule has 0 radical (unpaired) electrons. The number of rotatable bonds is 9. The van der Waals surface area contributed by atoms with E-state index in [1.165, 1.54) is 19.3 Å². The first-order valence-electron chi connectivity index (χ1n) is 7.77. The van der Waals surface area contributed by atoms with Crippen LogP contribution in [0.15, 0.2) is 0 Å². The van der Waals surface area contributed by atoms with Crippen LogP contribution in [0.5, 0.6) is 0 Å². The third kappa shape index (κ3) is 4.47. The summed E-state index contributed by atoms with van der Waals surface area (Å²) in [5.74, 6) is 1.01. The van der Waals surface area contributed by atoms with Gasteiger partial charge in [-0.15, -0.1) is 0 Å². The molecular weight excluding hydrogens is 272 g/mol. The number of aromatic nitrogens is 2. The minimum absolute atomic E-state index is 0.559. The Kier molecular flexibility index (Phi) is 5.87. The predicted octanol–water partition coefficient (Wildman–Crippen LogP) is 2.98. The van der Waals surface area contributed by atoms with Gasteiger partial charge in [0.15, 0.2) is 5.15 Å². The third-order valence-electron chi connectivity index (χ3n) is 4.10. The zero-order valence-corrected chi connectivity index (χ0v) is 13.6.